The molecule has 0 aliphatic rings. The van der Waals surface area contributed by atoms with Crippen LogP contribution in [0.1, 0.15) is 16.1 Å². The molecule has 0 aliphatic heterocycles. The molecular weight excluding hydrogens is 306 g/mol. The van der Waals surface area contributed by atoms with Crippen molar-refractivity contribution >= 4 is 5.91 Å². The Kier molecular flexibility index (Phi) is 4.60. The van der Waals surface area contributed by atoms with E-state index in [-0.39, 0.29) is 12.6 Å². The predicted octanol–water partition coefficient (Wildman–Crippen LogP) is 1.93. The van der Waals surface area contributed by atoms with Crippen molar-refractivity contribution in [3.05, 3.63) is 66.2 Å². The molecular formula is C17H19N5O2. The molecule has 3 aromatic rings. The zero-order chi connectivity index (χ0) is 16.9. The van der Waals surface area contributed by atoms with Gasteiger partial charge in [0.05, 0.1) is 6.20 Å². The number of nitrogens with zero attached hydrogens (tertiary/aromatic N) is 5. The Balaban J connectivity index is 1.58. The molecule has 1 aromatic carbocycles. The van der Waals surface area contributed by atoms with E-state index in [2.05, 4.69) is 10.2 Å². The van der Waals surface area contributed by atoms with Crippen LogP contribution in [0.5, 0.6) is 5.75 Å². The zero-order valence-electron chi connectivity index (χ0n) is 13.7. The summed E-state index contributed by atoms with van der Waals surface area (Å²) in [6.07, 6.45) is 5.36. The summed E-state index contributed by atoms with van der Waals surface area (Å²) in [5.74, 6) is 0.617. The van der Waals surface area contributed by atoms with Crippen molar-refractivity contribution < 1.29 is 9.53 Å². The molecule has 0 N–H and O–H groups in total. The molecule has 0 radical (unpaired) electrons. The van der Waals surface area contributed by atoms with Gasteiger partial charge in [-0.05, 0) is 18.2 Å². The number of aryl methyl sites for hydroxylation is 1. The lowest BCUT2D eigenvalue weighted by Gasteiger charge is -2.14. The second-order valence-corrected chi connectivity index (χ2v) is 5.51. The summed E-state index contributed by atoms with van der Waals surface area (Å²) in [5, 5.41) is 8.37. The van der Waals surface area contributed by atoms with E-state index in [1.807, 2.05) is 43.6 Å². The number of carbonyl (C=O) groups is 1. The first-order chi connectivity index (χ1) is 11.6. The Labute approximate surface area is 140 Å². The lowest BCUT2D eigenvalue weighted by Crippen LogP contribution is -2.26. The van der Waals surface area contributed by atoms with Gasteiger partial charge in [-0.2, -0.15) is 10.2 Å². The molecule has 0 saturated carbocycles. The molecule has 0 atom stereocenters. The second kappa shape index (κ2) is 6.99. The molecule has 24 heavy (non-hydrogen) atoms. The Morgan fingerprint density at radius 3 is 2.75 bits per heavy atom. The Hall–Kier alpha value is -3.09. The molecule has 1 amide bonds. The number of ether oxygens (including phenoxy) is 1. The third kappa shape index (κ3) is 3.81. The highest BCUT2D eigenvalue weighted by atomic mass is 16.5. The van der Waals surface area contributed by atoms with Crippen molar-refractivity contribution in [2.24, 2.45) is 7.05 Å². The third-order valence-corrected chi connectivity index (χ3v) is 3.49. The van der Waals surface area contributed by atoms with Gasteiger partial charge in [-0.15, -0.1) is 0 Å². The minimum Gasteiger partial charge on any atom is -0.471 e. The van der Waals surface area contributed by atoms with Crippen LogP contribution in [0.3, 0.4) is 0 Å². The number of para-hydroxylation sites is 1. The van der Waals surface area contributed by atoms with Gasteiger partial charge in [0.15, 0.2) is 12.4 Å². The summed E-state index contributed by atoms with van der Waals surface area (Å²) < 4.78 is 8.92. The fourth-order valence-electron chi connectivity index (χ4n) is 2.30. The summed E-state index contributed by atoms with van der Waals surface area (Å²) in [7, 11) is 3.59. The lowest BCUT2D eigenvalue weighted by molar-refractivity contribution is 0.0777. The predicted molar refractivity (Wildman–Crippen MR) is 88.3 cm³/mol. The summed E-state index contributed by atoms with van der Waals surface area (Å²) in [4.78, 5) is 14.0. The standard InChI is InChI=1S/C17H19N5O2/c1-20(11-14-10-18-21(2)12-14)17(23)16-8-9-22(19-16)13-24-15-6-4-3-5-7-15/h3-10,12H,11,13H2,1-2H3. The van der Waals surface area contributed by atoms with Gasteiger partial charge in [0, 0.05) is 38.6 Å². The van der Waals surface area contributed by atoms with Gasteiger partial charge in [0.1, 0.15) is 5.75 Å². The first kappa shape index (κ1) is 15.8. The number of benzene rings is 1. The third-order valence-electron chi connectivity index (χ3n) is 3.49. The summed E-state index contributed by atoms with van der Waals surface area (Å²) in [6, 6.07) is 11.2. The summed E-state index contributed by atoms with van der Waals surface area (Å²) in [5.41, 5.74) is 1.36. The minimum atomic E-state index is -0.141. The van der Waals surface area contributed by atoms with Crippen molar-refractivity contribution in [3.63, 3.8) is 0 Å². The van der Waals surface area contributed by atoms with E-state index in [9.17, 15) is 4.79 Å². The number of carbonyl (C=O) groups excluding carboxylic acids is 1. The van der Waals surface area contributed by atoms with Crippen LogP contribution in [0.15, 0.2) is 55.0 Å². The van der Waals surface area contributed by atoms with E-state index >= 15 is 0 Å². The average molecular weight is 325 g/mol. The van der Waals surface area contributed by atoms with Crippen LogP contribution in [-0.4, -0.2) is 37.4 Å². The minimum absolute atomic E-state index is 0.141. The van der Waals surface area contributed by atoms with E-state index in [1.165, 1.54) is 0 Å². The van der Waals surface area contributed by atoms with E-state index in [1.54, 1.807) is 39.8 Å². The number of aromatic nitrogens is 4. The maximum Gasteiger partial charge on any atom is 0.274 e. The van der Waals surface area contributed by atoms with E-state index < -0.39 is 0 Å². The fraction of sp³-hybridized carbons (Fsp3) is 0.235. The van der Waals surface area contributed by atoms with Crippen molar-refractivity contribution in [3.8, 4) is 5.75 Å². The Bertz CT molecular complexity index is 809. The van der Waals surface area contributed by atoms with E-state index in [4.69, 9.17) is 4.74 Å². The molecule has 3 rings (SSSR count). The molecule has 2 aromatic heterocycles. The van der Waals surface area contributed by atoms with Crippen LogP contribution in [0.4, 0.5) is 0 Å². The summed E-state index contributed by atoms with van der Waals surface area (Å²) in [6.45, 7) is 0.740. The number of hydrogen-bond acceptors (Lipinski definition) is 4. The highest BCUT2D eigenvalue weighted by Crippen LogP contribution is 2.10. The molecule has 0 spiro atoms. The van der Waals surface area contributed by atoms with Crippen LogP contribution < -0.4 is 4.74 Å². The normalized spacial score (nSPS) is 10.6. The molecule has 0 aliphatic carbocycles. The quantitative estimate of drug-likeness (QED) is 0.694. The van der Waals surface area contributed by atoms with Crippen LogP contribution in [0.25, 0.3) is 0 Å². The topological polar surface area (TPSA) is 65.2 Å². The number of hydrogen-bond donors (Lipinski definition) is 0. The van der Waals surface area contributed by atoms with Crippen LogP contribution >= 0.6 is 0 Å². The summed E-state index contributed by atoms with van der Waals surface area (Å²) >= 11 is 0. The number of amides is 1. The van der Waals surface area contributed by atoms with Crippen LogP contribution in [-0.2, 0) is 20.3 Å². The van der Waals surface area contributed by atoms with Gasteiger partial charge in [-0.25, -0.2) is 4.68 Å². The van der Waals surface area contributed by atoms with E-state index in [0.717, 1.165) is 11.3 Å². The molecule has 7 nitrogen and oxygen atoms in total. The SMILES string of the molecule is CN(Cc1cnn(C)c1)C(=O)c1ccn(COc2ccccc2)n1. The molecule has 2 heterocycles. The average Bonchev–Trinajstić information content (AvgIpc) is 3.22. The molecule has 0 saturated heterocycles. The fourth-order valence-corrected chi connectivity index (χ4v) is 2.30. The number of rotatable bonds is 6. The van der Waals surface area contributed by atoms with Gasteiger partial charge < -0.3 is 9.64 Å². The molecule has 7 heteroatoms. The van der Waals surface area contributed by atoms with Crippen LogP contribution in [0, 0.1) is 0 Å². The van der Waals surface area contributed by atoms with E-state index in [0.29, 0.717) is 12.2 Å². The molecule has 124 valence electrons. The molecule has 0 bridgehead atoms. The Morgan fingerprint density at radius 2 is 2.04 bits per heavy atom. The van der Waals surface area contributed by atoms with Gasteiger partial charge in [-0.1, -0.05) is 18.2 Å². The van der Waals surface area contributed by atoms with Gasteiger partial charge in [0.2, 0.25) is 0 Å². The van der Waals surface area contributed by atoms with Crippen molar-refractivity contribution in [1.82, 2.24) is 24.5 Å². The highest BCUT2D eigenvalue weighted by molar-refractivity contribution is 5.91. The zero-order valence-corrected chi connectivity index (χ0v) is 13.7. The van der Waals surface area contributed by atoms with Crippen LogP contribution in [0.2, 0.25) is 0 Å². The smallest absolute Gasteiger partial charge is 0.274 e. The molecule has 0 unspecified atom stereocenters. The van der Waals surface area contributed by atoms with Crippen molar-refractivity contribution in [2.75, 3.05) is 7.05 Å². The highest BCUT2D eigenvalue weighted by Gasteiger charge is 2.15. The lowest BCUT2D eigenvalue weighted by atomic mass is 10.3. The monoisotopic (exact) mass is 325 g/mol. The van der Waals surface area contributed by atoms with Crippen molar-refractivity contribution in [1.29, 1.82) is 0 Å². The maximum absolute atomic E-state index is 12.4. The van der Waals surface area contributed by atoms with Gasteiger partial charge >= 0.3 is 0 Å². The maximum atomic E-state index is 12.4. The van der Waals surface area contributed by atoms with Gasteiger partial charge in [0.25, 0.3) is 5.91 Å². The Morgan fingerprint density at radius 1 is 1.25 bits per heavy atom. The first-order valence-electron chi connectivity index (χ1n) is 7.56. The molecule has 0 fully saturated rings. The first-order valence-corrected chi connectivity index (χ1v) is 7.56. The second-order valence-electron chi connectivity index (χ2n) is 5.51. The largest absolute Gasteiger partial charge is 0.471 e. The van der Waals surface area contributed by atoms with Gasteiger partial charge in [-0.3, -0.25) is 9.48 Å². The van der Waals surface area contributed by atoms with Crippen molar-refractivity contribution in [2.45, 2.75) is 13.3 Å².